The third kappa shape index (κ3) is 3.98. The third-order valence-corrected chi connectivity index (χ3v) is 8.26. The van der Waals surface area contributed by atoms with Crippen molar-refractivity contribution in [3.63, 3.8) is 0 Å². The molecule has 4 atom stereocenters. The Kier molecular flexibility index (Phi) is 5.68. The lowest BCUT2D eigenvalue weighted by Crippen LogP contribution is -2.27. The monoisotopic (exact) mass is 479 g/mol. The number of anilines is 1. The molecule has 178 valence electrons. The highest BCUT2D eigenvalue weighted by atomic mass is 35.5. The molecule has 2 N–H and O–H groups in total. The third-order valence-electron chi connectivity index (χ3n) is 7.96. The molecule has 3 aliphatic rings. The van der Waals surface area contributed by atoms with Crippen LogP contribution in [0.5, 0.6) is 0 Å². The number of hydrogen-bond acceptors (Lipinski definition) is 4. The summed E-state index contributed by atoms with van der Waals surface area (Å²) >= 11 is 6.54. The Hall–Kier alpha value is -2.85. The van der Waals surface area contributed by atoms with E-state index in [-0.39, 0.29) is 29.1 Å². The fourth-order valence-corrected chi connectivity index (χ4v) is 6.62. The molecule has 2 aromatic heterocycles. The predicted octanol–water partition coefficient (Wildman–Crippen LogP) is 4.39. The number of nitrogens with one attached hydrogen (secondary N) is 2. The van der Waals surface area contributed by atoms with E-state index >= 15 is 0 Å². The first-order valence-corrected chi connectivity index (χ1v) is 12.4. The Bertz CT molecular complexity index is 1200. The van der Waals surface area contributed by atoms with Gasteiger partial charge in [-0.15, -0.1) is 0 Å². The molecule has 0 radical (unpaired) electrons. The van der Waals surface area contributed by atoms with Crippen LogP contribution in [0.25, 0.3) is 11.1 Å². The fourth-order valence-electron chi connectivity index (χ4n) is 6.41. The van der Waals surface area contributed by atoms with Crippen LogP contribution >= 0.6 is 11.6 Å². The molecule has 2 fully saturated rings. The van der Waals surface area contributed by atoms with Gasteiger partial charge in [0.15, 0.2) is 0 Å². The zero-order valence-electron chi connectivity index (χ0n) is 19.8. The number of aromatic nitrogens is 2. The van der Waals surface area contributed by atoms with Gasteiger partial charge in [-0.2, -0.15) is 5.26 Å². The molecular weight excluding hydrogens is 450 g/mol. The van der Waals surface area contributed by atoms with Gasteiger partial charge in [0.2, 0.25) is 11.8 Å². The Morgan fingerprint density at radius 2 is 1.76 bits per heavy atom. The van der Waals surface area contributed by atoms with E-state index in [1.807, 2.05) is 12.1 Å². The first kappa shape index (κ1) is 22.9. The van der Waals surface area contributed by atoms with E-state index in [0.29, 0.717) is 28.4 Å². The molecule has 7 nitrogen and oxygen atoms in total. The van der Waals surface area contributed by atoms with E-state index in [2.05, 4.69) is 40.1 Å². The maximum absolute atomic E-state index is 13.1. The molecule has 2 amide bonds. The van der Waals surface area contributed by atoms with Crippen molar-refractivity contribution in [3.05, 3.63) is 34.7 Å². The van der Waals surface area contributed by atoms with E-state index in [9.17, 15) is 14.9 Å². The second kappa shape index (κ2) is 8.42. The number of pyridine rings is 1. The molecule has 0 spiro atoms. The van der Waals surface area contributed by atoms with E-state index < -0.39 is 0 Å². The van der Waals surface area contributed by atoms with Crippen LogP contribution in [0.3, 0.4) is 0 Å². The van der Waals surface area contributed by atoms with Gasteiger partial charge >= 0.3 is 0 Å². The van der Waals surface area contributed by atoms with Crippen molar-refractivity contribution >= 4 is 29.2 Å². The standard InChI is InChI=1S/C26H30ClN5O2/c1-26(2)10-22-20(8-18(11-28)32(22)13-26)19-9-23(30-12-21(19)27)31-25(34)17-6-14-4-16(24(33)29-3)5-15(14)7-17/h8-9,12,14-17H,4-7,10,13H2,1-3H3,(H,29,33)(H,30,31,34)/t14-,15+,16+,17-. The SMILES string of the molecule is CNC(=O)[C@H]1C[C@@H]2C[C@@H](C(=O)Nc3cc(-c4cc(C#N)n5c4CC(C)(C)C5)c(Cl)cn3)C[C@@H]2C1. The number of fused-ring (bicyclic) bond motifs is 2. The van der Waals surface area contributed by atoms with Gasteiger partial charge in [0.1, 0.15) is 17.6 Å². The van der Waals surface area contributed by atoms with Crippen LogP contribution in [0.4, 0.5) is 5.82 Å². The molecule has 34 heavy (non-hydrogen) atoms. The van der Waals surface area contributed by atoms with Gasteiger partial charge in [-0.3, -0.25) is 9.59 Å². The molecule has 2 aromatic rings. The summed E-state index contributed by atoms with van der Waals surface area (Å²) < 4.78 is 2.08. The molecule has 2 aliphatic carbocycles. The molecule has 0 saturated heterocycles. The second-order valence-electron chi connectivity index (χ2n) is 10.9. The second-order valence-corrected chi connectivity index (χ2v) is 11.3. The lowest BCUT2D eigenvalue weighted by atomic mass is 9.89. The number of rotatable bonds is 4. The van der Waals surface area contributed by atoms with E-state index in [1.54, 1.807) is 13.2 Å². The molecule has 5 rings (SSSR count). The molecule has 2 saturated carbocycles. The largest absolute Gasteiger partial charge is 0.359 e. The first-order chi connectivity index (χ1) is 16.2. The number of carbonyl (C=O) groups excluding carboxylic acids is 2. The number of halogens is 1. The van der Waals surface area contributed by atoms with Gasteiger partial charge in [-0.1, -0.05) is 25.4 Å². The summed E-state index contributed by atoms with van der Waals surface area (Å²) in [7, 11) is 1.68. The molecule has 0 bridgehead atoms. The maximum atomic E-state index is 13.1. The van der Waals surface area contributed by atoms with E-state index in [4.69, 9.17) is 11.6 Å². The summed E-state index contributed by atoms with van der Waals surface area (Å²) in [5.74, 6) is 1.46. The van der Waals surface area contributed by atoms with Crippen molar-refractivity contribution in [2.45, 2.75) is 52.5 Å². The van der Waals surface area contributed by atoms with Gasteiger partial charge in [0.05, 0.1) is 5.02 Å². The van der Waals surface area contributed by atoms with Crippen molar-refractivity contribution in [2.75, 3.05) is 12.4 Å². The van der Waals surface area contributed by atoms with Crippen molar-refractivity contribution in [1.29, 1.82) is 5.26 Å². The summed E-state index contributed by atoms with van der Waals surface area (Å²) in [6.07, 6.45) is 5.80. The summed E-state index contributed by atoms with van der Waals surface area (Å²) in [6.45, 7) is 5.18. The zero-order valence-corrected chi connectivity index (χ0v) is 20.6. The smallest absolute Gasteiger partial charge is 0.228 e. The molecule has 3 heterocycles. The molecule has 1 aliphatic heterocycles. The average molecular weight is 480 g/mol. The molecular formula is C26H30ClN5O2. The van der Waals surface area contributed by atoms with Crippen LogP contribution in [0, 0.1) is 40.4 Å². The lowest BCUT2D eigenvalue weighted by molar-refractivity contribution is -0.124. The van der Waals surface area contributed by atoms with E-state index in [1.165, 1.54) is 0 Å². The average Bonchev–Trinajstić information content (AvgIpc) is 3.52. The zero-order chi connectivity index (χ0) is 24.2. The summed E-state index contributed by atoms with van der Waals surface area (Å²) in [6, 6.07) is 6.01. The van der Waals surface area contributed by atoms with Crippen LogP contribution in [-0.4, -0.2) is 28.4 Å². The first-order valence-electron chi connectivity index (χ1n) is 12.0. The van der Waals surface area contributed by atoms with Crippen molar-refractivity contribution in [1.82, 2.24) is 14.9 Å². The van der Waals surface area contributed by atoms with Gasteiger partial charge in [0.25, 0.3) is 0 Å². The number of nitriles is 1. The summed E-state index contributed by atoms with van der Waals surface area (Å²) in [4.78, 5) is 29.4. The Morgan fingerprint density at radius 3 is 2.38 bits per heavy atom. The minimum absolute atomic E-state index is 0.0207. The van der Waals surface area contributed by atoms with Gasteiger partial charge in [-0.05, 0) is 61.5 Å². The summed E-state index contributed by atoms with van der Waals surface area (Å²) in [5, 5.41) is 15.9. The quantitative estimate of drug-likeness (QED) is 0.679. The highest BCUT2D eigenvalue weighted by Gasteiger charge is 2.45. The van der Waals surface area contributed by atoms with Crippen LogP contribution in [0.15, 0.2) is 18.3 Å². The van der Waals surface area contributed by atoms with Gasteiger partial charge in [0, 0.05) is 48.4 Å². The predicted molar refractivity (Wildman–Crippen MR) is 130 cm³/mol. The van der Waals surface area contributed by atoms with Crippen LogP contribution in [0.1, 0.15) is 50.9 Å². The minimum atomic E-state index is -0.0636. The van der Waals surface area contributed by atoms with E-state index in [0.717, 1.165) is 55.5 Å². The molecule has 0 aromatic carbocycles. The number of nitrogens with zero attached hydrogens (tertiary/aromatic N) is 3. The highest BCUT2D eigenvalue weighted by molar-refractivity contribution is 6.33. The van der Waals surface area contributed by atoms with Crippen LogP contribution in [0.2, 0.25) is 5.02 Å². The lowest BCUT2D eigenvalue weighted by Gasteiger charge is -2.16. The molecule has 8 heteroatoms. The van der Waals surface area contributed by atoms with Gasteiger partial charge < -0.3 is 15.2 Å². The van der Waals surface area contributed by atoms with Crippen LogP contribution in [-0.2, 0) is 22.6 Å². The van der Waals surface area contributed by atoms with Crippen LogP contribution < -0.4 is 10.6 Å². The highest BCUT2D eigenvalue weighted by Crippen LogP contribution is 2.49. The topological polar surface area (TPSA) is 99.8 Å². The van der Waals surface area contributed by atoms with Crippen molar-refractivity contribution < 1.29 is 9.59 Å². The normalized spacial score (nSPS) is 26.6. The maximum Gasteiger partial charge on any atom is 0.228 e. The number of hydrogen-bond donors (Lipinski definition) is 2. The Morgan fingerprint density at radius 1 is 1.12 bits per heavy atom. The summed E-state index contributed by atoms with van der Waals surface area (Å²) in [5.41, 5.74) is 3.51. The Balaban J connectivity index is 1.32. The van der Waals surface area contributed by atoms with Crippen molar-refractivity contribution in [2.24, 2.45) is 29.1 Å². The minimum Gasteiger partial charge on any atom is -0.359 e. The Labute approximate surface area is 204 Å². The fraction of sp³-hybridized carbons (Fsp3) is 0.538. The van der Waals surface area contributed by atoms with Crippen molar-refractivity contribution in [3.8, 4) is 17.2 Å². The van der Waals surface area contributed by atoms with Gasteiger partial charge in [-0.25, -0.2) is 4.98 Å². The number of amides is 2. The molecule has 0 unspecified atom stereocenters. The number of carbonyl (C=O) groups is 2.